The molecule has 0 saturated carbocycles. The van der Waals surface area contributed by atoms with Gasteiger partial charge in [-0.1, -0.05) is 41.4 Å². The van der Waals surface area contributed by atoms with Gasteiger partial charge in [-0.3, -0.25) is 4.79 Å². The van der Waals surface area contributed by atoms with E-state index in [1.807, 2.05) is 12.1 Å². The van der Waals surface area contributed by atoms with Crippen LogP contribution in [0.5, 0.6) is 5.75 Å². The number of piperidine rings is 1. The number of benzene rings is 2. The molecule has 1 fully saturated rings. The van der Waals surface area contributed by atoms with Gasteiger partial charge in [-0.05, 0) is 49.2 Å². The van der Waals surface area contributed by atoms with Crippen LogP contribution in [0.25, 0.3) is 0 Å². The number of carboxylic acids is 1. The summed E-state index contributed by atoms with van der Waals surface area (Å²) in [6, 6.07) is 10.8. The lowest BCUT2D eigenvalue weighted by atomic mass is 10.0. The van der Waals surface area contributed by atoms with E-state index in [1.165, 1.54) is 12.1 Å². The number of aliphatic carboxylic acids is 1. The van der Waals surface area contributed by atoms with E-state index < -0.39 is 17.9 Å². The Morgan fingerprint density at radius 1 is 1.17 bits per heavy atom. The van der Waals surface area contributed by atoms with Crippen molar-refractivity contribution >= 4 is 47.5 Å². The molecule has 1 aliphatic rings. The highest BCUT2D eigenvalue weighted by Gasteiger charge is 2.24. The zero-order valence-corrected chi connectivity index (χ0v) is 18.4. The third-order valence-corrected chi connectivity index (χ3v) is 5.34. The van der Waals surface area contributed by atoms with E-state index in [4.69, 9.17) is 27.9 Å². The number of nitrogens with one attached hydrogen (secondary N) is 2. The third-order valence-electron chi connectivity index (χ3n) is 4.71. The van der Waals surface area contributed by atoms with Gasteiger partial charge in [0.15, 0.2) is 0 Å². The molecule has 1 saturated heterocycles. The van der Waals surface area contributed by atoms with Crippen LogP contribution in [0.1, 0.15) is 28.8 Å². The molecule has 0 spiro atoms. The van der Waals surface area contributed by atoms with Crippen LogP contribution in [0.4, 0.5) is 0 Å². The van der Waals surface area contributed by atoms with Crippen molar-refractivity contribution in [1.29, 1.82) is 0 Å². The van der Waals surface area contributed by atoms with Gasteiger partial charge < -0.3 is 20.5 Å². The number of carboxylic acid groups (broad SMARTS) is 1. The highest BCUT2D eigenvalue weighted by atomic mass is 35.5. The van der Waals surface area contributed by atoms with Crippen molar-refractivity contribution in [2.24, 2.45) is 0 Å². The monoisotopic (exact) mass is 472 g/mol. The Kier molecular flexibility index (Phi) is 9.24. The molecule has 0 aliphatic carbocycles. The standard InChI is InChI=1S/C21H22Cl2N2O4.ClH/c22-16-4-1-5-17(23)19(16)20(26)25-18(21(27)28)11-13-6-8-14(9-7-13)29-15-3-2-10-24-12-15;/h1,4-9,15,18,24H,2-3,10-12H2,(H,25,26)(H,27,28);1H/t15-,18+;/m1./s1. The molecule has 2 atom stereocenters. The molecule has 6 nitrogen and oxygen atoms in total. The number of amides is 1. The van der Waals surface area contributed by atoms with Crippen LogP contribution in [0.3, 0.4) is 0 Å². The van der Waals surface area contributed by atoms with Crippen molar-refractivity contribution in [2.75, 3.05) is 13.1 Å². The maximum atomic E-state index is 12.5. The number of ether oxygens (including phenoxy) is 1. The maximum absolute atomic E-state index is 12.5. The van der Waals surface area contributed by atoms with Crippen LogP contribution >= 0.6 is 35.6 Å². The predicted octanol–water partition coefficient (Wildman–Crippen LogP) is 3.97. The van der Waals surface area contributed by atoms with E-state index in [1.54, 1.807) is 18.2 Å². The fraction of sp³-hybridized carbons (Fsp3) is 0.333. The van der Waals surface area contributed by atoms with Crippen LogP contribution in [0.15, 0.2) is 42.5 Å². The van der Waals surface area contributed by atoms with Gasteiger partial charge >= 0.3 is 5.97 Å². The summed E-state index contributed by atoms with van der Waals surface area (Å²) in [6.07, 6.45) is 2.35. The van der Waals surface area contributed by atoms with Crippen LogP contribution in [0.2, 0.25) is 10.0 Å². The molecule has 0 unspecified atom stereocenters. The Balaban J connectivity index is 0.00000320. The molecule has 1 heterocycles. The smallest absolute Gasteiger partial charge is 0.326 e. The SMILES string of the molecule is Cl.O=C(N[C@@H](Cc1ccc(O[C@@H]2CCCNC2)cc1)C(=O)O)c1c(Cl)cccc1Cl. The second-order valence-electron chi connectivity index (χ2n) is 6.90. The molecule has 2 aromatic carbocycles. The first kappa shape index (κ1) is 24.3. The molecule has 3 rings (SSSR count). The fourth-order valence-electron chi connectivity index (χ4n) is 3.20. The number of carbonyl (C=O) groups excluding carboxylic acids is 1. The van der Waals surface area contributed by atoms with Gasteiger partial charge in [-0.25, -0.2) is 4.79 Å². The molecule has 1 aliphatic heterocycles. The lowest BCUT2D eigenvalue weighted by Crippen LogP contribution is -2.42. The Morgan fingerprint density at radius 3 is 2.40 bits per heavy atom. The van der Waals surface area contributed by atoms with E-state index >= 15 is 0 Å². The number of hydrogen-bond donors (Lipinski definition) is 3. The van der Waals surface area contributed by atoms with Crippen molar-refractivity contribution in [2.45, 2.75) is 31.4 Å². The second-order valence-corrected chi connectivity index (χ2v) is 7.71. The molecule has 162 valence electrons. The van der Waals surface area contributed by atoms with Crippen LogP contribution in [-0.4, -0.2) is 42.2 Å². The second kappa shape index (κ2) is 11.4. The summed E-state index contributed by atoms with van der Waals surface area (Å²) in [6.45, 7) is 1.83. The summed E-state index contributed by atoms with van der Waals surface area (Å²) in [5.41, 5.74) is 0.823. The zero-order chi connectivity index (χ0) is 20.8. The minimum absolute atomic E-state index is 0. The Labute approximate surface area is 191 Å². The summed E-state index contributed by atoms with van der Waals surface area (Å²) in [5.74, 6) is -1.03. The molecule has 9 heteroatoms. The molecule has 0 radical (unpaired) electrons. The summed E-state index contributed by atoms with van der Waals surface area (Å²) < 4.78 is 5.93. The molecular formula is C21H23Cl3N2O4. The number of hydrogen-bond acceptors (Lipinski definition) is 4. The maximum Gasteiger partial charge on any atom is 0.326 e. The first-order chi connectivity index (χ1) is 13.9. The van der Waals surface area contributed by atoms with Crippen LogP contribution in [-0.2, 0) is 11.2 Å². The first-order valence-corrected chi connectivity index (χ1v) is 10.1. The summed E-state index contributed by atoms with van der Waals surface area (Å²) in [4.78, 5) is 24.2. The number of carbonyl (C=O) groups is 2. The van der Waals surface area contributed by atoms with Gasteiger partial charge in [0.05, 0.1) is 15.6 Å². The molecule has 2 aromatic rings. The van der Waals surface area contributed by atoms with Crippen LogP contribution < -0.4 is 15.4 Å². The minimum Gasteiger partial charge on any atom is -0.489 e. The lowest BCUT2D eigenvalue weighted by Gasteiger charge is -2.24. The van der Waals surface area contributed by atoms with Crippen molar-refractivity contribution in [1.82, 2.24) is 10.6 Å². The van der Waals surface area contributed by atoms with E-state index in [9.17, 15) is 14.7 Å². The Hall–Kier alpha value is -1.99. The highest BCUT2D eigenvalue weighted by Crippen LogP contribution is 2.24. The molecule has 0 bridgehead atoms. The number of halogens is 3. The normalized spacial score (nSPS) is 16.8. The fourth-order valence-corrected chi connectivity index (χ4v) is 3.77. The minimum atomic E-state index is -1.14. The zero-order valence-electron chi connectivity index (χ0n) is 16.1. The summed E-state index contributed by atoms with van der Waals surface area (Å²) in [7, 11) is 0. The van der Waals surface area contributed by atoms with E-state index in [0.29, 0.717) is 0 Å². The van der Waals surface area contributed by atoms with Gasteiger partial charge in [-0.2, -0.15) is 0 Å². The predicted molar refractivity (Wildman–Crippen MR) is 119 cm³/mol. The van der Waals surface area contributed by atoms with Crippen molar-refractivity contribution in [3.63, 3.8) is 0 Å². The highest BCUT2D eigenvalue weighted by molar-refractivity contribution is 6.39. The summed E-state index contributed by atoms with van der Waals surface area (Å²) >= 11 is 12.1. The average Bonchev–Trinajstić information content (AvgIpc) is 2.69. The topological polar surface area (TPSA) is 87.7 Å². The van der Waals surface area contributed by atoms with Crippen LogP contribution in [0, 0.1) is 0 Å². The molecule has 30 heavy (non-hydrogen) atoms. The molecule has 0 aromatic heterocycles. The number of rotatable bonds is 7. The summed E-state index contributed by atoms with van der Waals surface area (Å²) in [5, 5.41) is 15.6. The largest absolute Gasteiger partial charge is 0.489 e. The van der Waals surface area contributed by atoms with Crippen molar-refractivity contribution in [3.8, 4) is 5.75 Å². The van der Waals surface area contributed by atoms with Gasteiger partial charge in [0.1, 0.15) is 17.9 Å². The third kappa shape index (κ3) is 6.51. The van der Waals surface area contributed by atoms with Crippen molar-refractivity contribution < 1.29 is 19.4 Å². The van der Waals surface area contributed by atoms with Gasteiger partial charge in [0.25, 0.3) is 5.91 Å². The first-order valence-electron chi connectivity index (χ1n) is 9.38. The average molecular weight is 474 g/mol. The quantitative estimate of drug-likeness (QED) is 0.566. The van der Waals surface area contributed by atoms with Gasteiger partial charge in [0, 0.05) is 13.0 Å². The molecule has 3 N–H and O–H groups in total. The van der Waals surface area contributed by atoms with E-state index in [0.717, 1.165) is 37.2 Å². The van der Waals surface area contributed by atoms with Gasteiger partial charge in [0.2, 0.25) is 0 Å². The van der Waals surface area contributed by atoms with E-state index in [-0.39, 0.29) is 40.5 Å². The van der Waals surface area contributed by atoms with Crippen molar-refractivity contribution in [3.05, 3.63) is 63.6 Å². The Morgan fingerprint density at radius 2 is 1.83 bits per heavy atom. The molecule has 1 amide bonds. The van der Waals surface area contributed by atoms with Gasteiger partial charge in [-0.15, -0.1) is 12.4 Å². The Bertz CT molecular complexity index is 851. The van der Waals surface area contributed by atoms with E-state index in [2.05, 4.69) is 10.6 Å². The molecular weight excluding hydrogens is 451 g/mol. The lowest BCUT2D eigenvalue weighted by molar-refractivity contribution is -0.139.